The number of sulfone groups is 1. The molecule has 0 aromatic carbocycles. The Hall–Kier alpha value is -3.00. The molecule has 2 N–H and O–H groups in total. The maximum atomic E-state index is 13.5. The number of rotatable bonds is 23. The summed E-state index contributed by atoms with van der Waals surface area (Å²) in [7, 11) is -9.21. The summed E-state index contributed by atoms with van der Waals surface area (Å²) in [4.78, 5) is 38.9. The van der Waals surface area contributed by atoms with E-state index >= 15 is 0 Å². The van der Waals surface area contributed by atoms with Crippen molar-refractivity contribution in [3.63, 3.8) is 0 Å². The Labute approximate surface area is 319 Å². The van der Waals surface area contributed by atoms with Crippen LogP contribution in [0.4, 0.5) is 14.9 Å². The monoisotopic (exact) mass is 818 g/mol. The molecule has 0 radical (unpaired) electrons. The fourth-order valence-corrected chi connectivity index (χ4v) is 10.9. The van der Waals surface area contributed by atoms with Gasteiger partial charge in [0.05, 0.1) is 11.4 Å². The molecule has 1 aliphatic carbocycles. The first-order valence-electron chi connectivity index (χ1n) is 18.7. The van der Waals surface area contributed by atoms with Gasteiger partial charge in [-0.05, 0) is 25.3 Å². The number of nitriles is 1. The molecule has 2 saturated heterocycles. The predicted octanol–water partition coefficient (Wildman–Crippen LogP) is 7.44. The van der Waals surface area contributed by atoms with Crippen LogP contribution in [0.25, 0.3) is 11.0 Å². The van der Waals surface area contributed by atoms with Crippen LogP contribution in [0.2, 0.25) is 5.15 Å². The van der Waals surface area contributed by atoms with Crippen molar-refractivity contribution < 1.29 is 55.3 Å². The third-order valence-corrected chi connectivity index (χ3v) is 14.4. The molecule has 300 valence electrons. The van der Waals surface area contributed by atoms with Gasteiger partial charge in [0, 0.05) is 24.0 Å². The van der Waals surface area contributed by atoms with Crippen molar-refractivity contribution in [3.05, 3.63) is 23.0 Å². The average Bonchev–Trinajstić information content (AvgIpc) is 3.77. The topological polar surface area (TPSA) is 205 Å². The van der Waals surface area contributed by atoms with E-state index in [0.29, 0.717) is 17.5 Å². The van der Waals surface area contributed by atoms with Gasteiger partial charge in [0.2, 0.25) is 6.79 Å². The molecule has 4 heterocycles. The maximum Gasteiger partial charge on any atom is 0.509 e. The second-order valence-corrected chi connectivity index (χ2v) is 18.9. The number of carbonyl (C=O) groups is 2. The van der Waals surface area contributed by atoms with E-state index in [1.807, 2.05) is 6.07 Å². The van der Waals surface area contributed by atoms with Gasteiger partial charge < -0.3 is 33.7 Å². The number of nitrogens with one attached hydrogen (secondary N) is 1. The Morgan fingerprint density at radius 3 is 2.37 bits per heavy atom. The van der Waals surface area contributed by atoms with Crippen LogP contribution < -0.4 is 5.32 Å². The van der Waals surface area contributed by atoms with Crippen molar-refractivity contribution in [3.8, 4) is 6.07 Å². The van der Waals surface area contributed by atoms with Gasteiger partial charge >= 0.3 is 19.7 Å². The molecule has 5 rings (SSSR count). The molecule has 0 amide bonds. The lowest BCUT2D eigenvalue weighted by Crippen LogP contribution is -2.36. The van der Waals surface area contributed by atoms with Crippen molar-refractivity contribution in [2.45, 2.75) is 140 Å². The summed E-state index contributed by atoms with van der Waals surface area (Å²) in [6, 6.07) is 3.39. The van der Waals surface area contributed by atoms with E-state index in [1.165, 1.54) is 62.1 Å². The third-order valence-electron chi connectivity index (χ3n) is 9.87. The minimum Gasteiger partial charge on any atom is -0.438 e. The molecule has 1 saturated carbocycles. The van der Waals surface area contributed by atoms with Crippen LogP contribution >= 0.6 is 19.2 Å². The highest BCUT2D eigenvalue weighted by molar-refractivity contribution is 7.97. The van der Waals surface area contributed by atoms with Crippen LogP contribution in [-0.2, 0) is 42.7 Å². The van der Waals surface area contributed by atoms with E-state index in [4.69, 9.17) is 35.1 Å². The number of nitrogens with zero attached hydrogens (tertiary/aromatic N) is 3. The van der Waals surface area contributed by atoms with Crippen molar-refractivity contribution >= 4 is 57.9 Å². The molecule has 19 heteroatoms. The van der Waals surface area contributed by atoms with Crippen LogP contribution in [0.1, 0.15) is 115 Å². The molecule has 0 bridgehead atoms. The number of hydrogen-bond donors (Lipinski definition) is 2. The van der Waals surface area contributed by atoms with E-state index in [-0.39, 0.29) is 41.7 Å². The molecule has 2 aromatic heterocycles. The van der Waals surface area contributed by atoms with Crippen LogP contribution in [0.15, 0.2) is 12.3 Å². The first-order valence-corrected chi connectivity index (χ1v) is 22.6. The highest BCUT2D eigenvalue weighted by atomic mass is 35.5. The van der Waals surface area contributed by atoms with Crippen molar-refractivity contribution in [2.24, 2.45) is 0 Å². The largest absolute Gasteiger partial charge is 0.509 e. The van der Waals surface area contributed by atoms with Crippen LogP contribution in [-0.4, -0.2) is 83.6 Å². The minimum atomic E-state index is -4.80. The zero-order chi connectivity index (χ0) is 38.9. The lowest BCUT2D eigenvalue weighted by Gasteiger charge is -2.31. The number of pyridine rings is 1. The summed E-state index contributed by atoms with van der Waals surface area (Å²) in [5, 5.41) is 13.2. The van der Waals surface area contributed by atoms with Gasteiger partial charge in [-0.25, -0.2) is 22.6 Å². The van der Waals surface area contributed by atoms with Gasteiger partial charge in [-0.1, -0.05) is 89.2 Å². The molecule has 54 heavy (non-hydrogen) atoms. The van der Waals surface area contributed by atoms with E-state index in [0.717, 1.165) is 19.3 Å². The van der Waals surface area contributed by atoms with Gasteiger partial charge in [0.25, 0.3) is 0 Å². The quantitative estimate of drug-likeness (QED) is 0.0368. The number of fused-ring (bicyclic) bond motifs is 2. The highest BCUT2D eigenvalue weighted by Crippen LogP contribution is 2.46. The molecule has 15 nitrogen and oxygen atoms in total. The van der Waals surface area contributed by atoms with Gasteiger partial charge in [0.1, 0.15) is 29.6 Å². The predicted molar refractivity (Wildman–Crippen MR) is 196 cm³/mol. The Morgan fingerprint density at radius 2 is 1.74 bits per heavy atom. The first kappa shape index (κ1) is 42.1. The maximum absolute atomic E-state index is 13.5. The number of anilines is 1. The third kappa shape index (κ3) is 11.3. The number of unbranched alkanes of at least 4 members (excludes halogenated alkanes) is 11. The number of esters is 1. The molecule has 2 aliphatic heterocycles. The summed E-state index contributed by atoms with van der Waals surface area (Å²) in [5.41, 5.74) is -0.720. The second-order valence-electron chi connectivity index (χ2n) is 14.2. The van der Waals surface area contributed by atoms with Crippen molar-refractivity contribution in [1.29, 1.82) is 5.26 Å². The standard InChI is InChI=1S/C35H49ClFN4O11PS/c1-2-3-4-5-6-7-8-9-10-11-12-13-14-28(42)48-21-49-53(44,45)22-54(46,47)20-27-30-31(52-35(43)51-30)34(50-27)41-16-15-25-29(39-24-17-23(37)18-24)26(19-38)32(36)40-33(25)41/h15-16,23-24,27,30-31,34H,2-14,17-18,20-22H2,1H3,(H,39,40)(H,44,45)/t23?,24?,27-,30-,31-,34-/m1/s1. The number of carbonyl (C=O) groups excluding carboxylic acids is 2. The average molecular weight is 819 g/mol. The number of halogens is 2. The summed E-state index contributed by atoms with van der Waals surface area (Å²) >= 11 is 6.37. The Morgan fingerprint density at radius 1 is 1.11 bits per heavy atom. The lowest BCUT2D eigenvalue weighted by atomic mass is 9.90. The molecular weight excluding hydrogens is 770 g/mol. The van der Waals surface area contributed by atoms with Gasteiger partial charge in [-0.2, -0.15) is 5.26 Å². The smallest absolute Gasteiger partial charge is 0.438 e. The summed E-state index contributed by atoms with van der Waals surface area (Å²) < 4.78 is 80.3. The van der Waals surface area contributed by atoms with E-state index in [9.17, 15) is 37.1 Å². The Kier molecular flexibility index (Phi) is 15.0. The second kappa shape index (κ2) is 19.2. The summed E-state index contributed by atoms with van der Waals surface area (Å²) in [6.45, 7) is 1.31. The zero-order valence-electron chi connectivity index (χ0n) is 30.3. The molecule has 3 aliphatic rings. The van der Waals surface area contributed by atoms with Crippen LogP contribution in [0.5, 0.6) is 0 Å². The van der Waals surface area contributed by atoms with E-state index < -0.39 is 78.3 Å². The molecule has 2 aromatic rings. The van der Waals surface area contributed by atoms with Gasteiger partial charge in [0.15, 0.2) is 38.9 Å². The zero-order valence-corrected chi connectivity index (χ0v) is 32.8. The summed E-state index contributed by atoms with van der Waals surface area (Å²) in [6.07, 6.45) is 8.90. The SMILES string of the molecule is CCCCCCCCCCCCCCC(=O)OCOP(=O)(O)CS(=O)(=O)C[C@H]1O[C@@H](n2ccc3c(NC4CC(F)C4)c(C#N)c(Cl)nc32)[C@@H]2OC(=O)O[C@@H]21. The summed E-state index contributed by atoms with van der Waals surface area (Å²) in [5.74, 6) is -1.47. The molecule has 5 atom stereocenters. The number of aromatic nitrogens is 2. The van der Waals surface area contributed by atoms with E-state index in [1.54, 1.807) is 6.07 Å². The fourth-order valence-electron chi connectivity index (χ4n) is 7.00. The molecule has 1 unspecified atom stereocenters. The van der Waals surface area contributed by atoms with Crippen molar-refractivity contribution in [1.82, 2.24) is 9.55 Å². The number of ether oxygens (including phenoxy) is 4. The van der Waals surface area contributed by atoms with Gasteiger partial charge in [-0.3, -0.25) is 13.9 Å². The fraction of sp³-hybridized carbons (Fsp3) is 0.714. The van der Waals surface area contributed by atoms with E-state index in [2.05, 4.69) is 17.2 Å². The van der Waals surface area contributed by atoms with Crippen LogP contribution in [0, 0.1) is 11.3 Å². The molecule has 3 fully saturated rings. The van der Waals surface area contributed by atoms with Crippen molar-refractivity contribution in [2.75, 3.05) is 23.4 Å². The normalized spacial score (nSPS) is 24.6. The van der Waals surface area contributed by atoms with Crippen LogP contribution in [0.3, 0.4) is 0 Å². The number of alkyl halides is 1. The van der Waals surface area contributed by atoms with Gasteiger partial charge in [-0.15, -0.1) is 0 Å². The highest BCUT2D eigenvalue weighted by Gasteiger charge is 2.56. The Balaban J connectivity index is 1.09. The first-order chi connectivity index (χ1) is 25.8. The minimum absolute atomic E-state index is 0.0547. The molecular formula is C35H49ClFN4O11PS. The number of hydrogen-bond acceptors (Lipinski definition) is 13. The lowest BCUT2D eigenvalue weighted by molar-refractivity contribution is -0.150. The molecule has 0 spiro atoms. The Bertz CT molecular complexity index is 1820.